The van der Waals surface area contributed by atoms with Crippen molar-refractivity contribution >= 4 is 11.6 Å². The molecule has 1 aromatic carbocycles. The summed E-state index contributed by atoms with van der Waals surface area (Å²) in [5.41, 5.74) is 7.46. The van der Waals surface area contributed by atoms with Crippen LogP contribution in [0.2, 0.25) is 0 Å². The average molecular weight is 290 g/mol. The van der Waals surface area contributed by atoms with Gasteiger partial charge in [-0.15, -0.1) is 0 Å². The molecule has 0 radical (unpaired) electrons. The summed E-state index contributed by atoms with van der Waals surface area (Å²) in [4.78, 5) is 11.9. The Bertz CT molecular complexity index is 468. The molecule has 1 aliphatic carbocycles. The van der Waals surface area contributed by atoms with E-state index in [4.69, 9.17) is 10.5 Å². The second-order valence-electron chi connectivity index (χ2n) is 5.90. The molecule has 2 rings (SSSR count). The van der Waals surface area contributed by atoms with Gasteiger partial charge in [-0.25, -0.2) is 0 Å². The van der Waals surface area contributed by atoms with Crippen LogP contribution < -0.4 is 15.8 Å². The van der Waals surface area contributed by atoms with Crippen LogP contribution >= 0.6 is 0 Å². The van der Waals surface area contributed by atoms with Crippen molar-refractivity contribution in [1.29, 1.82) is 0 Å². The molecule has 0 aliphatic heterocycles. The lowest BCUT2D eigenvalue weighted by Gasteiger charge is -2.21. The van der Waals surface area contributed by atoms with Crippen molar-refractivity contribution in [2.24, 2.45) is 5.92 Å². The summed E-state index contributed by atoms with van der Waals surface area (Å²) in [5, 5.41) is 2.97. The minimum absolute atomic E-state index is 0.134. The molecule has 4 nitrogen and oxygen atoms in total. The van der Waals surface area contributed by atoms with Gasteiger partial charge in [0, 0.05) is 13.0 Å². The van der Waals surface area contributed by atoms with Gasteiger partial charge in [-0.3, -0.25) is 4.79 Å². The molecule has 4 heteroatoms. The maximum atomic E-state index is 11.9. The van der Waals surface area contributed by atoms with Crippen LogP contribution in [0.3, 0.4) is 0 Å². The van der Waals surface area contributed by atoms with Gasteiger partial charge in [0.05, 0.1) is 12.8 Å². The molecular weight excluding hydrogens is 264 g/mol. The van der Waals surface area contributed by atoms with Gasteiger partial charge < -0.3 is 15.8 Å². The van der Waals surface area contributed by atoms with Gasteiger partial charge in [0.1, 0.15) is 5.75 Å². The summed E-state index contributed by atoms with van der Waals surface area (Å²) < 4.78 is 5.12. The highest BCUT2D eigenvalue weighted by molar-refractivity contribution is 5.75. The number of nitrogens with one attached hydrogen (secondary N) is 1. The molecule has 1 aromatic rings. The van der Waals surface area contributed by atoms with Gasteiger partial charge in [0.25, 0.3) is 0 Å². The Morgan fingerprint density at radius 3 is 2.76 bits per heavy atom. The molecule has 1 aliphatic rings. The predicted octanol–water partition coefficient (Wildman–Crippen LogP) is 3.25. The normalized spacial score (nSPS) is 15.7. The van der Waals surface area contributed by atoms with Crippen LogP contribution in [0.25, 0.3) is 0 Å². The number of nitrogen functional groups attached to an aromatic ring is 1. The average Bonchev–Trinajstić information content (AvgIpc) is 2.52. The third kappa shape index (κ3) is 4.96. The van der Waals surface area contributed by atoms with Crippen molar-refractivity contribution in [3.05, 3.63) is 23.8 Å². The number of hydrogen-bond acceptors (Lipinski definition) is 3. The van der Waals surface area contributed by atoms with E-state index in [9.17, 15) is 4.79 Å². The summed E-state index contributed by atoms with van der Waals surface area (Å²) in [6.07, 6.45) is 8.27. The second-order valence-corrected chi connectivity index (χ2v) is 5.90. The van der Waals surface area contributed by atoms with Crippen LogP contribution in [0.15, 0.2) is 18.2 Å². The monoisotopic (exact) mass is 290 g/mol. The standard InChI is InChI=1S/C17H26N2O2/c1-21-16-9-7-14(11-15(16)18)12-19-17(20)10-8-13-5-3-2-4-6-13/h7,9,11,13H,2-6,8,10,12,18H2,1H3,(H,19,20). The van der Waals surface area contributed by atoms with Crippen molar-refractivity contribution in [3.8, 4) is 5.75 Å². The fraction of sp³-hybridized carbons (Fsp3) is 0.588. The van der Waals surface area contributed by atoms with Crippen LogP contribution in [-0.4, -0.2) is 13.0 Å². The first-order valence-electron chi connectivity index (χ1n) is 7.88. The summed E-state index contributed by atoms with van der Waals surface area (Å²) in [5.74, 6) is 1.55. The molecule has 3 N–H and O–H groups in total. The number of carbonyl (C=O) groups is 1. The Morgan fingerprint density at radius 1 is 1.33 bits per heavy atom. The quantitative estimate of drug-likeness (QED) is 0.790. The molecule has 116 valence electrons. The third-order valence-electron chi connectivity index (χ3n) is 4.29. The summed E-state index contributed by atoms with van der Waals surface area (Å²) >= 11 is 0. The highest BCUT2D eigenvalue weighted by atomic mass is 16.5. The fourth-order valence-corrected chi connectivity index (χ4v) is 2.99. The minimum Gasteiger partial charge on any atom is -0.495 e. The van der Waals surface area contributed by atoms with Gasteiger partial charge in [-0.05, 0) is 30.0 Å². The van der Waals surface area contributed by atoms with E-state index in [0.29, 0.717) is 24.4 Å². The Kier molecular flexibility index (Phi) is 5.90. The topological polar surface area (TPSA) is 64.3 Å². The van der Waals surface area contributed by atoms with Crippen molar-refractivity contribution < 1.29 is 9.53 Å². The fourth-order valence-electron chi connectivity index (χ4n) is 2.99. The molecule has 1 amide bonds. The first-order valence-corrected chi connectivity index (χ1v) is 7.88. The van der Waals surface area contributed by atoms with E-state index in [1.54, 1.807) is 7.11 Å². The molecule has 0 heterocycles. The lowest BCUT2D eigenvalue weighted by Crippen LogP contribution is -2.23. The van der Waals surface area contributed by atoms with Crippen LogP contribution in [-0.2, 0) is 11.3 Å². The number of nitrogens with two attached hydrogens (primary N) is 1. The van der Waals surface area contributed by atoms with E-state index in [-0.39, 0.29) is 5.91 Å². The number of amides is 1. The van der Waals surface area contributed by atoms with Crippen LogP contribution in [0.4, 0.5) is 5.69 Å². The molecule has 0 spiro atoms. The van der Waals surface area contributed by atoms with E-state index >= 15 is 0 Å². The number of rotatable bonds is 6. The third-order valence-corrected chi connectivity index (χ3v) is 4.29. The number of hydrogen-bond donors (Lipinski definition) is 2. The van der Waals surface area contributed by atoms with E-state index in [2.05, 4.69) is 5.32 Å². The Hall–Kier alpha value is -1.71. The molecule has 1 fully saturated rings. The number of ether oxygens (including phenoxy) is 1. The van der Waals surface area contributed by atoms with E-state index < -0.39 is 0 Å². The lowest BCUT2D eigenvalue weighted by molar-refractivity contribution is -0.121. The SMILES string of the molecule is COc1ccc(CNC(=O)CCC2CCCCC2)cc1N. The maximum Gasteiger partial charge on any atom is 0.220 e. The summed E-state index contributed by atoms with van der Waals surface area (Å²) in [6, 6.07) is 5.61. The van der Waals surface area contributed by atoms with Crippen molar-refractivity contribution in [2.75, 3.05) is 12.8 Å². The molecule has 1 saturated carbocycles. The van der Waals surface area contributed by atoms with Gasteiger partial charge in [-0.2, -0.15) is 0 Å². The minimum atomic E-state index is 0.134. The Labute approximate surface area is 127 Å². The largest absolute Gasteiger partial charge is 0.495 e. The molecule has 21 heavy (non-hydrogen) atoms. The zero-order valence-corrected chi connectivity index (χ0v) is 12.9. The number of benzene rings is 1. The molecule has 0 bridgehead atoms. The molecular formula is C17H26N2O2. The lowest BCUT2D eigenvalue weighted by atomic mass is 9.86. The number of anilines is 1. The first kappa shape index (κ1) is 15.7. The van der Waals surface area contributed by atoms with Crippen LogP contribution in [0.5, 0.6) is 5.75 Å². The van der Waals surface area contributed by atoms with Gasteiger partial charge in [0.15, 0.2) is 0 Å². The van der Waals surface area contributed by atoms with Gasteiger partial charge in [0.2, 0.25) is 5.91 Å². The Morgan fingerprint density at radius 2 is 2.10 bits per heavy atom. The van der Waals surface area contributed by atoms with E-state index in [1.165, 1.54) is 32.1 Å². The van der Waals surface area contributed by atoms with Crippen molar-refractivity contribution in [1.82, 2.24) is 5.32 Å². The summed E-state index contributed by atoms with van der Waals surface area (Å²) in [6.45, 7) is 0.525. The van der Waals surface area contributed by atoms with Crippen molar-refractivity contribution in [3.63, 3.8) is 0 Å². The maximum absolute atomic E-state index is 11.9. The summed E-state index contributed by atoms with van der Waals surface area (Å²) in [7, 11) is 1.60. The van der Waals surface area contributed by atoms with Crippen LogP contribution in [0.1, 0.15) is 50.5 Å². The highest BCUT2D eigenvalue weighted by Crippen LogP contribution is 2.27. The zero-order valence-electron chi connectivity index (χ0n) is 12.9. The first-order chi connectivity index (χ1) is 10.2. The smallest absolute Gasteiger partial charge is 0.220 e. The number of methoxy groups -OCH3 is 1. The highest BCUT2D eigenvalue weighted by Gasteiger charge is 2.14. The number of carbonyl (C=O) groups excluding carboxylic acids is 1. The Balaban J connectivity index is 1.71. The molecule has 0 saturated heterocycles. The van der Waals surface area contributed by atoms with E-state index in [0.717, 1.165) is 17.9 Å². The molecule has 0 atom stereocenters. The molecule has 0 aromatic heterocycles. The van der Waals surface area contributed by atoms with Crippen molar-refractivity contribution in [2.45, 2.75) is 51.5 Å². The van der Waals surface area contributed by atoms with Gasteiger partial charge in [-0.1, -0.05) is 38.2 Å². The zero-order chi connectivity index (χ0) is 15.1. The van der Waals surface area contributed by atoms with Crippen LogP contribution in [0, 0.1) is 5.92 Å². The second kappa shape index (κ2) is 7.91. The van der Waals surface area contributed by atoms with Gasteiger partial charge >= 0.3 is 0 Å². The predicted molar refractivity (Wildman–Crippen MR) is 85.1 cm³/mol. The van der Waals surface area contributed by atoms with E-state index in [1.807, 2.05) is 18.2 Å². The molecule has 0 unspecified atom stereocenters.